The molecule has 0 atom stereocenters. The average molecular weight is 477 g/mol. The standard InChI is InChI=1S/C29H32O6/c1-4-5-6-10-13-20-14-15-23(30)26(28(20)32)22(16-19-11-8-7-9-12-19)29(33)27-24(31)17-21(34-2)18-25(27)35-3/h7-9,11-12,14-18,30-32H,4-6,10,13H2,1-3H3. The Balaban J connectivity index is 2.18. The number of Topliss-reactive ketones (excluding diaryl/α,β-unsaturated/α-hetero) is 1. The molecular formula is C29H32O6. The Bertz CT molecular complexity index is 1200. The largest absolute Gasteiger partial charge is 0.507 e. The van der Waals surface area contributed by atoms with Gasteiger partial charge in [0.05, 0.1) is 19.8 Å². The van der Waals surface area contributed by atoms with E-state index in [1.807, 2.05) is 18.2 Å². The van der Waals surface area contributed by atoms with Crippen molar-refractivity contribution >= 4 is 17.4 Å². The molecule has 3 rings (SSSR count). The van der Waals surface area contributed by atoms with E-state index in [9.17, 15) is 20.1 Å². The highest BCUT2D eigenvalue weighted by Gasteiger charge is 2.28. The molecule has 35 heavy (non-hydrogen) atoms. The zero-order chi connectivity index (χ0) is 25.4. The number of ketones is 1. The molecule has 0 aliphatic carbocycles. The summed E-state index contributed by atoms with van der Waals surface area (Å²) >= 11 is 0. The van der Waals surface area contributed by atoms with Gasteiger partial charge >= 0.3 is 0 Å². The molecule has 3 N–H and O–H groups in total. The number of methoxy groups -OCH3 is 2. The molecule has 0 aliphatic rings. The minimum absolute atomic E-state index is 0.0177. The number of benzene rings is 3. The lowest BCUT2D eigenvalue weighted by atomic mass is 9.90. The van der Waals surface area contributed by atoms with E-state index in [1.165, 1.54) is 32.4 Å². The van der Waals surface area contributed by atoms with Gasteiger partial charge < -0.3 is 24.8 Å². The molecule has 0 heterocycles. The fourth-order valence-electron chi connectivity index (χ4n) is 4.02. The van der Waals surface area contributed by atoms with Crippen LogP contribution in [0.15, 0.2) is 54.6 Å². The molecule has 3 aromatic carbocycles. The topological polar surface area (TPSA) is 96.2 Å². The van der Waals surface area contributed by atoms with Gasteiger partial charge in [-0.1, -0.05) is 62.6 Å². The zero-order valence-corrected chi connectivity index (χ0v) is 20.4. The normalized spacial score (nSPS) is 11.3. The number of ether oxygens (including phenoxy) is 2. The molecule has 0 fully saturated rings. The average Bonchev–Trinajstić information content (AvgIpc) is 2.86. The summed E-state index contributed by atoms with van der Waals surface area (Å²) in [5, 5.41) is 32.7. The molecule has 0 unspecified atom stereocenters. The molecule has 184 valence electrons. The van der Waals surface area contributed by atoms with Crippen LogP contribution < -0.4 is 9.47 Å². The summed E-state index contributed by atoms with van der Waals surface area (Å²) in [5.74, 6) is -0.893. The molecule has 0 amide bonds. The van der Waals surface area contributed by atoms with Crippen LogP contribution in [0.25, 0.3) is 11.6 Å². The summed E-state index contributed by atoms with van der Waals surface area (Å²) in [7, 11) is 2.83. The van der Waals surface area contributed by atoms with Gasteiger partial charge in [-0.05, 0) is 36.1 Å². The van der Waals surface area contributed by atoms with E-state index in [0.29, 0.717) is 23.3 Å². The summed E-state index contributed by atoms with van der Waals surface area (Å²) < 4.78 is 10.5. The van der Waals surface area contributed by atoms with E-state index >= 15 is 0 Å². The first-order valence-electron chi connectivity index (χ1n) is 11.7. The van der Waals surface area contributed by atoms with E-state index in [-0.39, 0.29) is 39.7 Å². The molecule has 0 aliphatic heterocycles. The Morgan fingerprint density at radius 3 is 2.26 bits per heavy atom. The summed E-state index contributed by atoms with van der Waals surface area (Å²) in [6.07, 6.45) is 6.29. The molecule has 3 aromatic rings. The van der Waals surface area contributed by atoms with E-state index in [1.54, 1.807) is 24.3 Å². The number of carbonyl (C=O) groups excluding carboxylic acids is 1. The van der Waals surface area contributed by atoms with E-state index in [4.69, 9.17) is 9.47 Å². The molecular weight excluding hydrogens is 444 g/mol. The maximum atomic E-state index is 13.9. The molecule has 0 saturated heterocycles. The van der Waals surface area contributed by atoms with Crippen LogP contribution in [0, 0.1) is 0 Å². The number of unbranched alkanes of at least 4 members (excludes halogenated alkanes) is 3. The number of hydrogen-bond acceptors (Lipinski definition) is 6. The molecule has 0 spiro atoms. The summed E-state index contributed by atoms with van der Waals surface area (Å²) in [6, 6.07) is 15.1. The zero-order valence-electron chi connectivity index (χ0n) is 20.4. The van der Waals surface area contributed by atoms with Gasteiger partial charge in [-0.15, -0.1) is 0 Å². The second-order valence-corrected chi connectivity index (χ2v) is 8.30. The van der Waals surface area contributed by atoms with Crippen molar-refractivity contribution in [1.29, 1.82) is 0 Å². The van der Waals surface area contributed by atoms with Crippen molar-refractivity contribution in [1.82, 2.24) is 0 Å². The predicted molar refractivity (Wildman–Crippen MR) is 137 cm³/mol. The molecule has 6 heteroatoms. The lowest BCUT2D eigenvalue weighted by molar-refractivity contribution is 0.105. The first-order chi connectivity index (χ1) is 16.9. The monoisotopic (exact) mass is 476 g/mol. The van der Waals surface area contributed by atoms with Gasteiger partial charge in [-0.2, -0.15) is 0 Å². The number of phenols is 3. The van der Waals surface area contributed by atoms with E-state index in [2.05, 4.69) is 6.92 Å². The third-order valence-electron chi connectivity index (χ3n) is 5.90. The minimum atomic E-state index is -0.611. The fraction of sp³-hybridized carbons (Fsp3) is 0.276. The highest BCUT2D eigenvalue weighted by Crippen LogP contribution is 2.43. The Morgan fingerprint density at radius 1 is 0.857 bits per heavy atom. The van der Waals surface area contributed by atoms with Crippen LogP contribution >= 0.6 is 0 Å². The Morgan fingerprint density at radius 2 is 1.60 bits per heavy atom. The molecule has 0 radical (unpaired) electrons. The van der Waals surface area contributed by atoms with Crippen molar-refractivity contribution in [3.63, 3.8) is 0 Å². The molecule has 6 nitrogen and oxygen atoms in total. The molecule has 0 bridgehead atoms. The fourth-order valence-corrected chi connectivity index (χ4v) is 4.02. The van der Waals surface area contributed by atoms with Gasteiger partial charge in [0.15, 0.2) is 0 Å². The smallest absolute Gasteiger partial charge is 0.201 e. The SMILES string of the molecule is CCCCCCc1ccc(O)c(C(=Cc2ccccc2)C(=O)c2c(O)cc(OC)cc2OC)c1O. The maximum absolute atomic E-state index is 13.9. The minimum Gasteiger partial charge on any atom is -0.507 e. The first-order valence-corrected chi connectivity index (χ1v) is 11.7. The van der Waals surface area contributed by atoms with Crippen LogP contribution in [-0.4, -0.2) is 35.3 Å². The van der Waals surface area contributed by atoms with Crippen LogP contribution in [0.3, 0.4) is 0 Å². The molecule has 0 aromatic heterocycles. The Kier molecular flexibility index (Phi) is 8.79. The molecule has 0 saturated carbocycles. The second-order valence-electron chi connectivity index (χ2n) is 8.30. The number of hydrogen-bond donors (Lipinski definition) is 3. The summed E-state index contributed by atoms with van der Waals surface area (Å²) in [5.41, 5.74) is 1.29. The Labute approximate surface area is 206 Å². The van der Waals surface area contributed by atoms with Gasteiger partial charge in [-0.25, -0.2) is 0 Å². The van der Waals surface area contributed by atoms with Gasteiger partial charge in [0, 0.05) is 17.7 Å². The predicted octanol–water partition coefficient (Wildman–Crippen LogP) is 6.37. The van der Waals surface area contributed by atoms with Crippen molar-refractivity contribution in [2.75, 3.05) is 14.2 Å². The van der Waals surface area contributed by atoms with Gasteiger partial charge in [0.1, 0.15) is 34.3 Å². The van der Waals surface area contributed by atoms with Crippen molar-refractivity contribution in [2.45, 2.75) is 39.0 Å². The van der Waals surface area contributed by atoms with Gasteiger partial charge in [-0.3, -0.25) is 4.79 Å². The van der Waals surface area contributed by atoms with Crippen LogP contribution in [0.2, 0.25) is 0 Å². The quantitative estimate of drug-likeness (QED) is 0.129. The van der Waals surface area contributed by atoms with Crippen LogP contribution in [0.4, 0.5) is 0 Å². The highest BCUT2D eigenvalue weighted by molar-refractivity contribution is 6.35. The van der Waals surface area contributed by atoms with Crippen molar-refractivity contribution < 1.29 is 29.6 Å². The highest BCUT2D eigenvalue weighted by atomic mass is 16.5. The lowest BCUT2D eigenvalue weighted by Crippen LogP contribution is -2.07. The number of aromatic hydroxyl groups is 3. The van der Waals surface area contributed by atoms with Gasteiger partial charge in [0.2, 0.25) is 5.78 Å². The number of allylic oxidation sites excluding steroid dienone is 1. The number of rotatable bonds is 11. The Hall–Kier alpha value is -3.93. The van der Waals surface area contributed by atoms with Crippen LogP contribution in [0.1, 0.15) is 59.7 Å². The van der Waals surface area contributed by atoms with E-state index in [0.717, 1.165) is 25.7 Å². The third-order valence-corrected chi connectivity index (χ3v) is 5.90. The van der Waals surface area contributed by atoms with Crippen LogP contribution in [-0.2, 0) is 6.42 Å². The van der Waals surface area contributed by atoms with Gasteiger partial charge in [0.25, 0.3) is 0 Å². The summed E-state index contributed by atoms with van der Waals surface area (Å²) in [6.45, 7) is 2.13. The maximum Gasteiger partial charge on any atom is 0.201 e. The number of aryl methyl sites for hydroxylation is 1. The van der Waals surface area contributed by atoms with Crippen molar-refractivity contribution in [3.8, 4) is 28.7 Å². The summed E-state index contributed by atoms with van der Waals surface area (Å²) in [4.78, 5) is 13.9. The van der Waals surface area contributed by atoms with E-state index < -0.39 is 5.78 Å². The lowest BCUT2D eigenvalue weighted by Gasteiger charge is -2.17. The second kappa shape index (κ2) is 12.0. The third kappa shape index (κ3) is 5.96. The van der Waals surface area contributed by atoms with Crippen LogP contribution in [0.5, 0.6) is 28.7 Å². The van der Waals surface area contributed by atoms with Crippen molar-refractivity contribution in [2.24, 2.45) is 0 Å². The van der Waals surface area contributed by atoms with Crippen molar-refractivity contribution in [3.05, 3.63) is 76.9 Å². The number of phenolic OH excluding ortho intramolecular Hbond substituents is 3. The number of carbonyl (C=O) groups is 1. The first kappa shape index (κ1) is 25.7.